The quantitative estimate of drug-likeness (QED) is 0.566. The molecule has 0 bridgehead atoms. The lowest BCUT2D eigenvalue weighted by Crippen LogP contribution is -2.31. The first-order chi connectivity index (χ1) is 11.1. The number of pyridine rings is 1. The van der Waals surface area contributed by atoms with E-state index in [1.807, 2.05) is 4.90 Å². The van der Waals surface area contributed by atoms with Crippen molar-refractivity contribution < 1.29 is 8.78 Å². The zero-order chi connectivity index (χ0) is 16.1. The van der Waals surface area contributed by atoms with Gasteiger partial charge in [0.15, 0.2) is 11.0 Å². The van der Waals surface area contributed by atoms with Crippen molar-refractivity contribution in [1.29, 1.82) is 0 Å². The van der Waals surface area contributed by atoms with Crippen molar-refractivity contribution in [2.24, 2.45) is 5.92 Å². The van der Waals surface area contributed by atoms with Crippen molar-refractivity contribution in [2.45, 2.75) is 37.9 Å². The van der Waals surface area contributed by atoms with Crippen LogP contribution in [0.1, 0.15) is 25.7 Å². The highest BCUT2D eigenvalue weighted by Gasteiger charge is 2.55. The lowest BCUT2D eigenvalue weighted by Gasteiger charge is -2.26. The van der Waals surface area contributed by atoms with E-state index in [0.29, 0.717) is 17.7 Å². The second-order valence-corrected chi connectivity index (χ2v) is 6.78. The number of hydrogen-bond acceptors (Lipinski definition) is 4. The highest BCUT2D eigenvalue weighted by Crippen LogP contribution is 2.46. The Bertz CT molecular complexity index is 773. The first kappa shape index (κ1) is 15.3. The van der Waals surface area contributed by atoms with Crippen molar-refractivity contribution in [3.63, 3.8) is 0 Å². The Labute approximate surface area is 141 Å². The molecule has 1 saturated carbocycles. The fourth-order valence-electron chi connectivity index (χ4n) is 3.49. The van der Waals surface area contributed by atoms with Crippen LogP contribution in [0.2, 0.25) is 10.4 Å². The largest absolute Gasteiger partial charge is 0.350 e. The van der Waals surface area contributed by atoms with Gasteiger partial charge in [-0.2, -0.15) is 4.98 Å². The molecule has 1 aliphatic carbocycles. The summed E-state index contributed by atoms with van der Waals surface area (Å²) in [6.07, 6.45) is 4.45. The highest BCUT2D eigenvalue weighted by atomic mass is 35.5. The van der Waals surface area contributed by atoms with Gasteiger partial charge in [0.25, 0.3) is 0 Å². The molecule has 8 heteroatoms. The molecule has 3 atom stereocenters. The first-order valence-corrected chi connectivity index (χ1v) is 8.41. The molecule has 0 unspecified atom stereocenters. The van der Waals surface area contributed by atoms with Crippen LogP contribution in [0.3, 0.4) is 0 Å². The number of halogens is 4. The van der Waals surface area contributed by atoms with Crippen LogP contribution in [-0.2, 0) is 0 Å². The van der Waals surface area contributed by atoms with Crippen molar-refractivity contribution in [2.75, 3.05) is 11.4 Å². The molecule has 2 aromatic heterocycles. The normalized spacial score (nSPS) is 27.5. The Morgan fingerprint density at radius 1 is 1.17 bits per heavy atom. The van der Waals surface area contributed by atoms with E-state index < -0.39 is 12.0 Å². The van der Waals surface area contributed by atoms with Crippen LogP contribution in [0.15, 0.2) is 6.20 Å². The van der Waals surface area contributed by atoms with Crippen molar-refractivity contribution in [3.05, 3.63) is 22.5 Å². The van der Waals surface area contributed by atoms with E-state index in [2.05, 4.69) is 15.0 Å². The van der Waals surface area contributed by atoms with E-state index in [0.717, 1.165) is 25.7 Å². The van der Waals surface area contributed by atoms with Gasteiger partial charge in [0.1, 0.15) is 17.5 Å². The topological polar surface area (TPSA) is 41.9 Å². The summed E-state index contributed by atoms with van der Waals surface area (Å²) in [4.78, 5) is 13.9. The molecule has 0 radical (unpaired) electrons. The van der Waals surface area contributed by atoms with Crippen LogP contribution in [0.5, 0.6) is 0 Å². The minimum atomic E-state index is -0.873. The van der Waals surface area contributed by atoms with Crippen molar-refractivity contribution >= 4 is 39.9 Å². The van der Waals surface area contributed by atoms with Crippen LogP contribution < -0.4 is 4.90 Å². The van der Waals surface area contributed by atoms with Gasteiger partial charge in [0.2, 0.25) is 5.28 Å². The molecular weight excluding hydrogens is 345 g/mol. The second-order valence-electron chi connectivity index (χ2n) is 6.08. The van der Waals surface area contributed by atoms with Gasteiger partial charge in [0, 0.05) is 18.7 Å². The zero-order valence-electron chi connectivity index (χ0n) is 12.1. The van der Waals surface area contributed by atoms with Crippen LogP contribution in [0.4, 0.5) is 14.6 Å². The number of fused-ring (bicyclic) bond motifs is 2. The Morgan fingerprint density at radius 2 is 2.00 bits per heavy atom. The monoisotopic (exact) mass is 358 g/mol. The van der Waals surface area contributed by atoms with Gasteiger partial charge in [-0.25, -0.2) is 18.7 Å². The van der Waals surface area contributed by atoms with Crippen molar-refractivity contribution in [1.82, 2.24) is 15.0 Å². The van der Waals surface area contributed by atoms with Gasteiger partial charge in [-0.05, 0) is 24.4 Å². The van der Waals surface area contributed by atoms with Gasteiger partial charge in [-0.1, -0.05) is 24.4 Å². The smallest absolute Gasteiger partial charge is 0.225 e. The van der Waals surface area contributed by atoms with Gasteiger partial charge >= 0.3 is 0 Å². The zero-order valence-corrected chi connectivity index (χ0v) is 13.7. The molecule has 0 amide bonds. The third-order valence-electron chi connectivity index (χ3n) is 4.70. The van der Waals surface area contributed by atoms with E-state index in [1.165, 1.54) is 6.20 Å². The van der Waals surface area contributed by atoms with E-state index in [-0.39, 0.29) is 27.9 Å². The van der Waals surface area contributed by atoms with Crippen LogP contribution >= 0.6 is 23.2 Å². The SMILES string of the molecule is Fc1c(Cl)ncc2c(N3CCCCC[C@H]4[C@H](F)[C@H]43)nc(Cl)nc12. The number of rotatable bonds is 1. The number of hydrogen-bond donors (Lipinski definition) is 0. The summed E-state index contributed by atoms with van der Waals surface area (Å²) in [5.74, 6) is -0.268. The molecule has 2 aliphatic rings. The molecule has 1 saturated heterocycles. The molecule has 1 aliphatic heterocycles. The van der Waals surface area contributed by atoms with E-state index in [4.69, 9.17) is 23.2 Å². The third kappa shape index (κ3) is 2.52. The predicted octanol–water partition coefficient (Wildman–Crippen LogP) is 4.19. The van der Waals surface area contributed by atoms with Gasteiger partial charge in [-0.3, -0.25) is 0 Å². The molecule has 2 aromatic rings. The van der Waals surface area contributed by atoms with Gasteiger partial charge in [0.05, 0.1) is 11.4 Å². The number of nitrogens with zero attached hydrogens (tertiary/aromatic N) is 4. The summed E-state index contributed by atoms with van der Waals surface area (Å²) in [7, 11) is 0. The van der Waals surface area contributed by atoms with Gasteiger partial charge in [-0.15, -0.1) is 0 Å². The predicted molar refractivity (Wildman–Crippen MR) is 85.3 cm³/mol. The number of alkyl halides is 1. The first-order valence-electron chi connectivity index (χ1n) is 7.66. The molecule has 2 fully saturated rings. The Kier molecular flexibility index (Phi) is 3.76. The summed E-state index contributed by atoms with van der Waals surface area (Å²) in [6, 6.07) is -0.219. The number of aromatic nitrogens is 3. The van der Waals surface area contributed by atoms with Gasteiger partial charge < -0.3 is 4.90 Å². The average molecular weight is 359 g/mol. The maximum atomic E-state index is 14.2. The lowest BCUT2D eigenvalue weighted by atomic mass is 10.1. The fraction of sp³-hybridized carbons (Fsp3) is 0.533. The maximum Gasteiger partial charge on any atom is 0.225 e. The molecule has 23 heavy (non-hydrogen) atoms. The second kappa shape index (κ2) is 5.67. The van der Waals surface area contributed by atoms with Crippen molar-refractivity contribution in [3.8, 4) is 0 Å². The van der Waals surface area contributed by atoms with Crippen LogP contribution in [0.25, 0.3) is 10.9 Å². The summed E-state index contributed by atoms with van der Waals surface area (Å²) < 4.78 is 28.4. The summed E-state index contributed by atoms with van der Waals surface area (Å²) in [5.41, 5.74) is 0.0228. The minimum absolute atomic E-state index is 0.0178. The highest BCUT2D eigenvalue weighted by molar-refractivity contribution is 6.30. The molecule has 0 N–H and O–H groups in total. The fourth-order valence-corrected chi connectivity index (χ4v) is 3.80. The Morgan fingerprint density at radius 3 is 2.83 bits per heavy atom. The molecule has 3 heterocycles. The summed E-state index contributed by atoms with van der Waals surface area (Å²) >= 11 is 11.7. The minimum Gasteiger partial charge on any atom is -0.350 e. The Hall–Kier alpha value is -1.27. The van der Waals surface area contributed by atoms with Crippen LogP contribution in [-0.4, -0.2) is 33.7 Å². The molecular formula is C15H14Cl2F2N4. The molecule has 4 nitrogen and oxygen atoms in total. The Balaban J connectivity index is 1.86. The van der Waals surface area contributed by atoms with E-state index in [9.17, 15) is 8.78 Å². The average Bonchev–Trinajstić information content (AvgIpc) is 3.11. The summed E-state index contributed by atoms with van der Waals surface area (Å²) in [5, 5.41) is 0.0663. The summed E-state index contributed by atoms with van der Waals surface area (Å²) in [6.45, 7) is 0.661. The molecule has 0 aromatic carbocycles. The lowest BCUT2D eigenvalue weighted by molar-refractivity contribution is 0.430. The molecule has 122 valence electrons. The standard InChI is InChI=1S/C15H14Cl2F2N4/c16-13-10(19)11-8(6-20-13)14(22-15(17)21-11)23-5-3-1-2-4-7-9(18)12(7)23/h6-7,9,12H,1-5H2/t7-,9-,12-/m0/s1. The third-order valence-corrected chi connectivity index (χ3v) is 5.13. The maximum absolute atomic E-state index is 14.2. The molecule has 0 spiro atoms. The van der Waals surface area contributed by atoms with E-state index >= 15 is 0 Å². The molecule has 4 rings (SSSR count). The van der Waals surface area contributed by atoms with Crippen LogP contribution in [0, 0.1) is 11.7 Å². The van der Waals surface area contributed by atoms with E-state index in [1.54, 1.807) is 0 Å². The number of anilines is 1.